The summed E-state index contributed by atoms with van der Waals surface area (Å²) in [7, 11) is 0. The van der Waals surface area contributed by atoms with Gasteiger partial charge in [0.2, 0.25) is 17.6 Å². The number of hydrogen-bond acceptors (Lipinski definition) is 5. The SMILES string of the molecule is O=C(NCc1nc(-c2ccccc2)no1)C1CCN(Cc2ccccc2)CC1. The summed E-state index contributed by atoms with van der Waals surface area (Å²) in [6.45, 7) is 3.08. The first-order valence-electron chi connectivity index (χ1n) is 9.70. The van der Waals surface area contributed by atoms with Crippen LogP contribution in [0.4, 0.5) is 0 Å². The molecule has 28 heavy (non-hydrogen) atoms. The Balaban J connectivity index is 1.23. The van der Waals surface area contributed by atoms with Crippen LogP contribution < -0.4 is 5.32 Å². The number of benzene rings is 2. The van der Waals surface area contributed by atoms with Crippen LogP contribution in [0.15, 0.2) is 65.2 Å². The number of amides is 1. The molecule has 3 aromatic rings. The van der Waals surface area contributed by atoms with Crippen LogP contribution in [0.5, 0.6) is 0 Å². The van der Waals surface area contributed by atoms with E-state index >= 15 is 0 Å². The summed E-state index contributed by atoms with van der Waals surface area (Å²) in [4.78, 5) is 19.3. The van der Waals surface area contributed by atoms with Gasteiger partial charge in [-0.25, -0.2) is 0 Å². The lowest BCUT2D eigenvalue weighted by molar-refractivity contribution is -0.126. The monoisotopic (exact) mass is 376 g/mol. The van der Waals surface area contributed by atoms with Crippen molar-refractivity contribution >= 4 is 5.91 Å². The zero-order chi connectivity index (χ0) is 19.2. The highest BCUT2D eigenvalue weighted by Gasteiger charge is 2.25. The molecular formula is C22H24N4O2. The Morgan fingerprint density at radius 2 is 1.71 bits per heavy atom. The van der Waals surface area contributed by atoms with Gasteiger partial charge in [0, 0.05) is 18.0 Å². The Morgan fingerprint density at radius 1 is 1.04 bits per heavy atom. The van der Waals surface area contributed by atoms with Crippen molar-refractivity contribution in [2.24, 2.45) is 5.92 Å². The van der Waals surface area contributed by atoms with E-state index in [2.05, 4.69) is 44.6 Å². The van der Waals surface area contributed by atoms with Crippen molar-refractivity contribution in [1.29, 1.82) is 0 Å². The van der Waals surface area contributed by atoms with E-state index in [1.54, 1.807) is 0 Å². The third-order valence-electron chi connectivity index (χ3n) is 5.12. The van der Waals surface area contributed by atoms with Crippen molar-refractivity contribution in [2.45, 2.75) is 25.9 Å². The topological polar surface area (TPSA) is 71.3 Å². The summed E-state index contributed by atoms with van der Waals surface area (Å²) >= 11 is 0. The van der Waals surface area contributed by atoms with Crippen LogP contribution in [0.2, 0.25) is 0 Å². The number of aromatic nitrogens is 2. The summed E-state index contributed by atoms with van der Waals surface area (Å²) in [5, 5.41) is 6.93. The highest BCUT2D eigenvalue weighted by Crippen LogP contribution is 2.20. The number of rotatable bonds is 6. The first-order valence-corrected chi connectivity index (χ1v) is 9.70. The zero-order valence-electron chi connectivity index (χ0n) is 15.8. The molecule has 0 radical (unpaired) electrons. The number of carbonyl (C=O) groups is 1. The highest BCUT2D eigenvalue weighted by molar-refractivity contribution is 5.78. The predicted octanol–water partition coefficient (Wildman–Crippen LogP) is 3.27. The molecule has 2 heterocycles. The van der Waals surface area contributed by atoms with E-state index < -0.39 is 0 Å². The number of nitrogens with one attached hydrogen (secondary N) is 1. The highest BCUT2D eigenvalue weighted by atomic mass is 16.5. The van der Waals surface area contributed by atoms with Gasteiger partial charge in [0.25, 0.3) is 0 Å². The van der Waals surface area contributed by atoms with Gasteiger partial charge in [-0.05, 0) is 31.5 Å². The summed E-state index contributed by atoms with van der Waals surface area (Å²) < 4.78 is 5.26. The van der Waals surface area contributed by atoms with Crippen LogP contribution in [-0.4, -0.2) is 34.0 Å². The second-order valence-electron chi connectivity index (χ2n) is 7.13. The van der Waals surface area contributed by atoms with Crippen LogP contribution in [-0.2, 0) is 17.9 Å². The van der Waals surface area contributed by atoms with E-state index in [4.69, 9.17) is 4.52 Å². The normalized spacial score (nSPS) is 15.4. The van der Waals surface area contributed by atoms with E-state index in [-0.39, 0.29) is 18.4 Å². The van der Waals surface area contributed by atoms with Gasteiger partial charge < -0.3 is 9.84 Å². The molecule has 0 bridgehead atoms. The quantitative estimate of drug-likeness (QED) is 0.715. The first-order chi connectivity index (χ1) is 13.8. The smallest absolute Gasteiger partial charge is 0.246 e. The largest absolute Gasteiger partial charge is 0.347 e. The van der Waals surface area contributed by atoms with Crippen LogP contribution >= 0.6 is 0 Å². The Morgan fingerprint density at radius 3 is 2.43 bits per heavy atom. The number of hydrogen-bond donors (Lipinski definition) is 1. The lowest BCUT2D eigenvalue weighted by atomic mass is 9.95. The standard InChI is InChI=1S/C22H24N4O2/c27-22(19-11-13-26(14-12-19)16-17-7-3-1-4-8-17)23-15-20-24-21(25-28-20)18-9-5-2-6-10-18/h1-10,19H,11-16H2,(H,23,27). The van der Waals surface area contributed by atoms with Crippen LogP contribution in [0.25, 0.3) is 11.4 Å². The van der Waals surface area contributed by atoms with E-state index in [9.17, 15) is 4.79 Å². The van der Waals surface area contributed by atoms with Crippen LogP contribution in [0.1, 0.15) is 24.3 Å². The molecule has 1 N–H and O–H groups in total. The fourth-order valence-electron chi connectivity index (χ4n) is 3.53. The van der Waals surface area contributed by atoms with Crippen LogP contribution in [0.3, 0.4) is 0 Å². The fourth-order valence-corrected chi connectivity index (χ4v) is 3.53. The summed E-state index contributed by atoms with van der Waals surface area (Å²) in [5.74, 6) is 1.08. The number of carbonyl (C=O) groups excluding carboxylic acids is 1. The van der Waals surface area contributed by atoms with E-state index in [1.807, 2.05) is 36.4 Å². The molecule has 1 aromatic heterocycles. The molecule has 1 saturated heterocycles. The van der Waals surface area contributed by atoms with Gasteiger partial charge in [-0.2, -0.15) is 4.98 Å². The molecule has 0 spiro atoms. The molecule has 4 rings (SSSR count). The molecule has 2 aromatic carbocycles. The van der Waals surface area contributed by atoms with Crippen molar-refractivity contribution in [1.82, 2.24) is 20.4 Å². The molecule has 0 saturated carbocycles. The second kappa shape index (κ2) is 8.80. The third kappa shape index (κ3) is 4.64. The molecule has 1 aliphatic heterocycles. The number of nitrogens with zero attached hydrogens (tertiary/aromatic N) is 3. The molecule has 1 amide bonds. The summed E-state index contributed by atoms with van der Waals surface area (Å²) in [6, 6.07) is 20.1. The first kappa shape index (κ1) is 18.4. The molecular weight excluding hydrogens is 352 g/mol. The fraction of sp³-hybridized carbons (Fsp3) is 0.318. The molecule has 1 fully saturated rings. The van der Waals surface area contributed by atoms with E-state index in [0.29, 0.717) is 11.7 Å². The average molecular weight is 376 g/mol. The van der Waals surface area contributed by atoms with Crippen molar-refractivity contribution < 1.29 is 9.32 Å². The molecule has 144 valence electrons. The van der Waals surface area contributed by atoms with Gasteiger partial charge in [0.15, 0.2) is 0 Å². The molecule has 0 atom stereocenters. The van der Waals surface area contributed by atoms with E-state index in [1.165, 1.54) is 5.56 Å². The minimum Gasteiger partial charge on any atom is -0.347 e. The van der Waals surface area contributed by atoms with Gasteiger partial charge >= 0.3 is 0 Å². The van der Waals surface area contributed by atoms with Crippen molar-refractivity contribution in [2.75, 3.05) is 13.1 Å². The van der Waals surface area contributed by atoms with Gasteiger partial charge in [0.05, 0.1) is 6.54 Å². The van der Waals surface area contributed by atoms with Crippen LogP contribution in [0, 0.1) is 5.92 Å². The molecule has 1 aliphatic rings. The Hall–Kier alpha value is -2.99. The maximum atomic E-state index is 12.5. The van der Waals surface area contributed by atoms with Gasteiger partial charge in [-0.3, -0.25) is 9.69 Å². The maximum absolute atomic E-state index is 12.5. The Labute approximate surface area is 164 Å². The molecule has 0 unspecified atom stereocenters. The van der Waals surface area contributed by atoms with Crippen molar-refractivity contribution in [3.05, 3.63) is 72.1 Å². The lowest BCUT2D eigenvalue weighted by Crippen LogP contribution is -2.40. The van der Waals surface area contributed by atoms with E-state index in [0.717, 1.165) is 38.0 Å². The average Bonchev–Trinajstić information content (AvgIpc) is 3.23. The van der Waals surface area contributed by atoms with Crippen molar-refractivity contribution in [3.63, 3.8) is 0 Å². The molecule has 0 aliphatic carbocycles. The number of likely N-dealkylation sites (tertiary alicyclic amines) is 1. The minimum absolute atomic E-state index is 0.0449. The van der Waals surface area contributed by atoms with Crippen molar-refractivity contribution in [3.8, 4) is 11.4 Å². The van der Waals surface area contributed by atoms with Gasteiger partial charge in [0.1, 0.15) is 0 Å². The second-order valence-corrected chi connectivity index (χ2v) is 7.13. The predicted molar refractivity (Wildman–Crippen MR) is 106 cm³/mol. The van der Waals surface area contributed by atoms with Gasteiger partial charge in [-0.15, -0.1) is 0 Å². The number of piperidine rings is 1. The Kier molecular flexibility index (Phi) is 5.77. The third-order valence-corrected chi connectivity index (χ3v) is 5.12. The summed E-state index contributed by atoms with van der Waals surface area (Å²) in [6.07, 6.45) is 1.75. The molecule has 6 nitrogen and oxygen atoms in total. The summed E-state index contributed by atoms with van der Waals surface area (Å²) in [5.41, 5.74) is 2.21. The van der Waals surface area contributed by atoms with Gasteiger partial charge in [-0.1, -0.05) is 65.8 Å². The minimum atomic E-state index is 0.0449. The maximum Gasteiger partial charge on any atom is 0.246 e. The Bertz CT molecular complexity index is 887. The zero-order valence-corrected chi connectivity index (χ0v) is 15.8. The lowest BCUT2D eigenvalue weighted by Gasteiger charge is -2.31. The molecule has 6 heteroatoms.